The molecule has 0 saturated heterocycles. The Morgan fingerprint density at radius 2 is 1.74 bits per heavy atom. The van der Waals surface area contributed by atoms with E-state index in [0.29, 0.717) is 5.91 Å². The summed E-state index contributed by atoms with van der Waals surface area (Å²) in [4.78, 5) is 14.6. The first-order chi connectivity index (χ1) is 8.97. The molecule has 0 aromatic heterocycles. The lowest BCUT2D eigenvalue weighted by Gasteiger charge is -2.26. The fourth-order valence-corrected chi connectivity index (χ4v) is 3.23. The van der Waals surface area contributed by atoms with Gasteiger partial charge in [-0.2, -0.15) is 0 Å². The second kappa shape index (κ2) is 4.99. The van der Waals surface area contributed by atoms with Gasteiger partial charge in [-0.3, -0.25) is 4.79 Å². The molecule has 1 aromatic rings. The van der Waals surface area contributed by atoms with Crippen molar-refractivity contribution < 1.29 is 4.79 Å². The zero-order valence-electron chi connectivity index (χ0n) is 12.6. The molecular weight excluding hydrogens is 234 g/mol. The number of hydrogen-bond donors (Lipinski definition) is 0. The van der Waals surface area contributed by atoms with Crippen LogP contribution < -0.4 is 0 Å². The number of hydrogen-bond acceptors (Lipinski definition) is 1. The Labute approximate surface area is 116 Å². The monoisotopic (exact) mass is 259 g/mol. The molecule has 0 aliphatic heterocycles. The molecule has 2 heteroatoms. The van der Waals surface area contributed by atoms with Crippen LogP contribution in [0.25, 0.3) is 0 Å². The Balaban J connectivity index is 2.10. The lowest BCUT2D eigenvalue weighted by molar-refractivity contribution is -0.137. The molecule has 0 N–H and O–H groups in total. The van der Waals surface area contributed by atoms with Crippen molar-refractivity contribution in [1.82, 2.24) is 4.90 Å². The Hall–Kier alpha value is -1.31. The third kappa shape index (κ3) is 2.41. The minimum absolute atomic E-state index is 0.119. The van der Waals surface area contributed by atoms with Crippen molar-refractivity contribution in [2.24, 2.45) is 10.8 Å². The van der Waals surface area contributed by atoms with Gasteiger partial charge in [0.1, 0.15) is 0 Å². The van der Waals surface area contributed by atoms with Gasteiger partial charge in [0.15, 0.2) is 0 Å². The molecule has 2 nitrogen and oxygen atoms in total. The predicted octanol–water partition coefficient (Wildman–Crippen LogP) is 3.51. The van der Waals surface area contributed by atoms with Gasteiger partial charge < -0.3 is 4.90 Å². The Morgan fingerprint density at radius 1 is 1.16 bits per heavy atom. The number of nitrogens with zero attached hydrogens (tertiary/aromatic N) is 1. The number of carbonyl (C=O) groups is 1. The summed E-state index contributed by atoms with van der Waals surface area (Å²) in [5.41, 5.74) is 1.28. The van der Waals surface area contributed by atoms with E-state index in [-0.39, 0.29) is 10.8 Å². The maximum Gasteiger partial charge on any atom is 0.229 e. The molecule has 0 bridgehead atoms. The average Bonchev–Trinajstić information content (AvgIpc) is 2.95. The minimum Gasteiger partial charge on any atom is -0.343 e. The second-order valence-corrected chi connectivity index (χ2v) is 6.21. The maximum atomic E-state index is 12.6. The molecule has 1 fully saturated rings. The minimum atomic E-state index is -0.172. The predicted molar refractivity (Wildman–Crippen MR) is 78.9 cm³/mol. The molecule has 1 aromatic carbocycles. The molecule has 0 radical (unpaired) electrons. The molecule has 0 spiro atoms. The van der Waals surface area contributed by atoms with Gasteiger partial charge in [-0.1, -0.05) is 44.2 Å². The number of benzene rings is 1. The summed E-state index contributed by atoms with van der Waals surface area (Å²) < 4.78 is 0. The third-order valence-corrected chi connectivity index (χ3v) is 4.91. The maximum absolute atomic E-state index is 12.6. The average molecular weight is 259 g/mol. The van der Waals surface area contributed by atoms with Crippen molar-refractivity contribution in [2.75, 3.05) is 13.1 Å². The molecular formula is C17H25NO. The van der Waals surface area contributed by atoms with Crippen LogP contribution in [0.5, 0.6) is 0 Å². The van der Waals surface area contributed by atoms with Crippen molar-refractivity contribution in [3.05, 3.63) is 35.9 Å². The molecule has 0 heterocycles. The van der Waals surface area contributed by atoms with E-state index >= 15 is 0 Å². The fraction of sp³-hybridized carbons (Fsp3) is 0.588. The summed E-state index contributed by atoms with van der Waals surface area (Å²) >= 11 is 0. The van der Waals surface area contributed by atoms with Crippen molar-refractivity contribution in [3.8, 4) is 0 Å². The van der Waals surface area contributed by atoms with E-state index in [1.165, 1.54) is 5.56 Å². The van der Waals surface area contributed by atoms with E-state index in [1.54, 1.807) is 0 Å². The van der Waals surface area contributed by atoms with Gasteiger partial charge in [0.05, 0.1) is 5.41 Å². The lowest BCUT2D eigenvalue weighted by Crippen LogP contribution is -2.38. The summed E-state index contributed by atoms with van der Waals surface area (Å²) in [5.74, 6) is 0.330. The van der Waals surface area contributed by atoms with Gasteiger partial charge in [0.2, 0.25) is 5.91 Å². The molecule has 1 aliphatic rings. The van der Waals surface area contributed by atoms with Crippen LogP contribution in [0.3, 0.4) is 0 Å². The Kier molecular flexibility index (Phi) is 3.71. The molecule has 0 unspecified atom stereocenters. The quantitative estimate of drug-likeness (QED) is 0.792. The first-order valence-electron chi connectivity index (χ1n) is 7.30. The van der Waals surface area contributed by atoms with Crippen LogP contribution in [0.4, 0.5) is 0 Å². The molecule has 1 saturated carbocycles. The highest BCUT2D eigenvalue weighted by Crippen LogP contribution is 2.65. The Morgan fingerprint density at radius 3 is 2.26 bits per heavy atom. The molecule has 19 heavy (non-hydrogen) atoms. The summed E-state index contributed by atoms with van der Waals surface area (Å²) in [7, 11) is 0. The highest BCUT2D eigenvalue weighted by Gasteiger charge is 2.65. The van der Waals surface area contributed by atoms with Gasteiger partial charge in [-0.25, -0.2) is 0 Å². The summed E-state index contributed by atoms with van der Waals surface area (Å²) in [6.07, 6.45) is 2.00. The number of rotatable bonds is 5. The van der Waals surface area contributed by atoms with Gasteiger partial charge in [0.25, 0.3) is 0 Å². The first-order valence-corrected chi connectivity index (χ1v) is 7.30. The fourth-order valence-electron chi connectivity index (χ4n) is 3.23. The van der Waals surface area contributed by atoms with E-state index < -0.39 is 0 Å². The lowest BCUT2D eigenvalue weighted by atomic mass is 9.88. The van der Waals surface area contributed by atoms with Crippen LogP contribution in [0.1, 0.15) is 39.7 Å². The van der Waals surface area contributed by atoms with E-state index in [9.17, 15) is 4.79 Å². The van der Waals surface area contributed by atoms with Gasteiger partial charge in [-0.05, 0) is 37.7 Å². The summed E-state index contributed by atoms with van der Waals surface area (Å²) in [6.45, 7) is 10.1. The van der Waals surface area contributed by atoms with Crippen molar-refractivity contribution in [3.63, 3.8) is 0 Å². The number of carbonyl (C=O) groups excluding carboxylic acids is 1. The summed E-state index contributed by atoms with van der Waals surface area (Å²) in [6, 6.07) is 10.5. The number of amides is 1. The molecule has 1 amide bonds. The van der Waals surface area contributed by atoms with Crippen LogP contribution in [0.15, 0.2) is 30.3 Å². The highest BCUT2D eigenvalue weighted by molar-refractivity contribution is 5.86. The molecule has 2 rings (SSSR count). The van der Waals surface area contributed by atoms with E-state index in [0.717, 1.165) is 25.9 Å². The highest BCUT2D eigenvalue weighted by atomic mass is 16.2. The van der Waals surface area contributed by atoms with Crippen molar-refractivity contribution >= 4 is 5.91 Å². The molecule has 2 atom stereocenters. The normalized spacial score (nSPS) is 29.1. The zero-order valence-corrected chi connectivity index (χ0v) is 12.6. The Bertz CT molecular complexity index is 452. The van der Waals surface area contributed by atoms with E-state index in [2.05, 4.69) is 52.0 Å². The van der Waals surface area contributed by atoms with Gasteiger partial charge in [0, 0.05) is 13.1 Å². The standard InChI is InChI=1S/C17H25NO/c1-5-18(6-2)15(19)17(4)13-16(17,3)12-14-10-8-7-9-11-14/h7-11H,5-6,12-13H2,1-4H3/t16-,17+/m1/s1. The first kappa shape index (κ1) is 14.1. The van der Waals surface area contributed by atoms with E-state index in [1.807, 2.05) is 11.0 Å². The zero-order chi connectivity index (χ0) is 14.1. The molecule has 1 aliphatic carbocycles. The van der Waals surface area contributed by atoms with Crippen LogP contribution in [-0.4, -0.2) is 23.9 Å². The van der Waals surface area contributed by atoms with Crippen LogP contribution in [0.2, 0.25) is 0 Å². The topological polar surface area (TPSA) is 20.3 Å². The van der Waals surface area contributed by atoms with E-state index in [4.69, 9.17) is 0 Å². The SMILES string of the molecule is CCN(CC)C(=O)[C@]1(C)C[C@@]1(C)Cc1ccccc1. The van der Waals surface area contributed by atoms with Gasteiger partial charge >= 0.3 is 0 Å². The van der Waals surface area contributed by atoms with Crippen molar-refractivity contribution in [2.45, 2.75) is 40.5 Å². The van der Waals surface area contributed by atoms with Crippen molar-refractivity contribution in [1.29, 1.82) is 0 Å². The second-order valence-electron chi connectivity index (χ2n) is 6.21. The smallest absolute Gasteiger partial charge is 0.229 e. The van der Waals surface area contributed by atoms with Gasteiger partial charge in [-0.15, -0.1) is 0 Å². The third-order valence-electron chi connectivity index (χ3n) is 4.91. The largest absolute Gasteiger partial charge is 0.343 e. The molecule has 104 valence electrons. The van der Waals surface area contributed by atoms with Crippen LogP contribution in [0, 0.1) is 10.8 Å². The van der Waals surface area contributed by atoms with Crippen LogP contribution in [-0.2, 0) is 11.2 Å². The summed E-state index contributed by atoms with van der Waals surface area (Å²) in [5, 5.41) is 0. The van der Waals surface area contributed by atoms with Crippen LogP contribution >= 0.6 is 0 Å².